The smallest absolute Gasteiger partial charge is 0.241 e. The predicted molar refractivity (Wildman–Crippen MR) is 81.5 cm³/mol. The lowest BCUT2D eigenvalue weighted by Gasteiger charge is -2.15. The molecule has 0 aliphatic carbocycles. The summed E-state index contributed by atoms with van der Waals surface area (Å²) in [6.07, 6.45) is 1.71. The van der Waals surface area contributed by atoms with Crippen LogP contribution in [0.2, 0.25) is 0 Å². The van der Waals surface area contributed by atoms with E-state index < -0.39 is 21.9 Å². The van der Waals surface area contributed by atoms with E-state index in [4.69, 9.17) is 0 Å². The summed E-state index contributed by atoms with van der Waals surface area (Å²) in [5, 5.41) is 0.702. The third-order valence-electron chi connectivity index (χ3n) is 3.04. The zero-order chi connectivity index (χ0) is 15.8. The molecule has 0 amide bonds. The van der Waals surface area contributed by atoms with Crippen molar-refractivity contribution < 1.29 is 12.8 Å². The van der Waals surface area contributed by atoms with Crippen LogP contribution in [0.1, 0.15) is 34.0 Å². The third-order valence-corrected chi connectivity index (χ3v) is 5.98. The van der Waals surface area contributed by atoms with Gasteiger partial charge in [0, 0.05) is 11.1 Å². The Labute approximate surface area is 128 Å². The number of hydrogen-bond donors (Lipinski definition) is 1. The summed E-state index contributed by atoms with van der Waals surface area (Å²) in [6.45, 7) is 6.83. The van der Waals surface area contributed by atoms with Gasteiger partial charge in [-0.2, -0.15) is 0 Å². The molecule has 1 unspecified atom stereocenters. The van der Waals surface area contributed by atoms with Crippen molar-refractivity contribution >= 4 is 21.4 Å². The number of thiazole rings is 1. The summed E-state index contributed by atoms with van der Waals surface area (Å²) >= 11 is 1.44. The number of aryl methyl sites for hydroxylation is 3. The van der Waals surface area contributed by atoms with Crippen molar-refractivity contribution in [3.05, 3.63) is 45.2 Å². The fraction of sp³-hybridized carbons (Fsp3) is 0.357. The Morgan fingerprint density at radius 2 is 1.81 bits per heavy atom. The second-order valence-electron chi connectivity index (χ2n) is 5.02. The van der Waals surface area contributed by atoms with Gasteiger partial charge >= 0.3 is 0 Å². The molecular formula is C14H17FN2O2S2. The van der Waals surface area contributed by atoms with Crippen molar-refractivity contribution in [1.29, 1.82) is 0 Å². The van der Waals surface area contributed by atoms with Gasteiger partial charge in [0.25, 0.3) is 0 Å². The van der Waals surface area contributed by atoms with Crippen LogP contribution in [0.4, 0.5) is 4.39 Å². The molecule has 1 N–H and O–H groups in total. The molecule has 21 heavy (non-hydrogen) atoms. The summed E-state index contributed by atoms with van der Waals surface area (Å²) in [5.41, 5.74) is 0.782. The van der Waals surface area contributed by atoms with Crippen LogP contribution in [0.5, 0.6) is 0 Å². The van der Waals surface area contributed by atoms with Crippen molar-refractivity contribution in [2.75, 3.05) is 0 Å². The van der Waals surface area contributed by atoms with Crippen LogP contribution in [-0.4, -0.2) is 13.4 Å². The number of halogens is 1. The first-order valence-corrected chi connectivity index (χ1v) is 8.72. The van der Waals surface area contributed by atoms with Crippen LogP contribution in [-0.2, 0) is 10.0 Å². The normalized spacial score (nSPS) is 13.4. The van der Waals surface area contributed by atoms with Gasteiger partial charge in [-0.25, -0.2) is 22.5 Å². The fourth-order valence-electron chi connectivity index (χ4n) is 2.24. The Morgan fingerprint density at radius 1 is 1.24 bits per heavy atom. The largest absolute Gasteiger partial charge is 0.248 e. The van der Waals surface area contributed by atoms with Crippen LogP contribution in [0.25, 0.3) is 0 Å². The van der Waals surface area contributed by atoms with Gasteiger partial charge in [-0.15, -0.1) is 11.3 Å². The number of nitrogens with one attached hydrogen (secondary N) is 1. The van der Waals surface area contributed by atoms with E-state index in [0.717, 1.165) is 4.88 Å². The van der Waals surface area contributed by atoms with Crippen LogP contribution in [0.15, 0.2) is 23.2 Å². The van der Waals surface area contributed by atoms with Gasteiger partial charge in [0.1, 0.15) is 10.8 Å². The first-order chi connectivity index (χ1) is 9.70. The average molecular weight is 328 g/mol. The number of rotatable bonds is 4. The van der Waals surface area contributed by atoms with E-state index in [1.165, 1.54) is 23.5 Å². The quantitative estimate of drug-likeness (QED) is 0.937. The van der Waals surface area contributed by atoms with E-state index in [1.807, 2.05) is 6.92 Å². The lowest BCUT2D eigenvalue weighted by molar-refractivity contribution is 0.564. The summed E-state index contributed by atoms with van der Waals surface area (Å²) in [6, 6.07) is 2.01. The van der Waals surface area contributed by atoms with Gasteiger partial charge in [0.2, 0.25) is 10.0 Å². The Kier molecular flexibility index (Phi) is 4.46. The standard InChI is InChI=1S/C14H17FN2O2S2/c1-8-5-12(15)6-9(2)13(8)21(18,19)17-11(4)14-16-7-10(3)20-14/h5-7,11,17H,1-4H3. The Morgan fingerprint density at radius 3 is 2.29 bits per heavy atom. The number of sulfonamides is 1. The van der Waals surface area contributed by atoms with Crippen molar-refractivity contribution in [3.8, 4) is 0 Å². The van der Waals surface area contributed by atoms with Gasteiger partial charge in [-0.1, -0.05) is 0 Å². The van der Waals surface area contributed by atoms with Gasteiger partial charge in [0.15, 0.2) is 0 Å². The monoisotopic (exact) mass is 328 g/mol. The van der Waals surface area contributed by atoms with E-state index in [2.05, 4.69) is 9.71 Å². The molecule has 0 fully saturated rings. The van der Waals surface area contributed by atoms with Crippen molar-refractivity contribution in [2.45, 2.75) is 38.6 Å². The molecule has 0 saturated carbocycles. The van der Waals surface area contributed by atoms with Crippen LogP contribution in [0, 0.1) is 26.6 Å². The SMILES string of the molecule is Cc1cnc(C(C)NS(=O)(=O)c2c(C)cc(F)cc2C)s1. The lowest BCUT2D eigenvalue weighted by Crippen LogP contribution is -2.28. The molecular weight excluding hydrogens is 311 g/mol. The second kappa shape index (κ2) is 5.82. The summed E-state index contributed by atoms with van der Waals surface area (Å²) in [5.74, 6) is -0.437. The molecule has 2 aromatic rings. The van der Waals surface area contributed by atoms with Gasteiger partial charge < -0.3 is 0 Å². The van der Waals surface area contributed by atoms with Gasteiger partial charge in [-0.05, 0) is 51.0 Å². The molecule has 0 radical (unpaired) electrons. The highest BCUT2D eigenvalue weighted by molar-refractivity contribution is 7.89. The average Bonchev–Trinajstić information content (AvgIpc) is 2.73. The van der Waals surface area contributed by atoms with E-state index in [9.17, 15) is 12.8 Å². The molecule has 4 nitrogen and oxygen atoms in total. The van der Waals surface area contributed by atoms with Crippen LogP contribution < -0.4 is 4.72 Å². The first kappa shape index (κ1) is 16.1. The van der Waals surface area contributed by atoms with E-state index >= 15 is 0 Å². The van der Waals surface area contributed by atoms with E-state index in [1.54, 1.807) is 27.0 Å². The second-order valence-corrected chi connectivity index (χ2v) is 7.94. The molecule has 7 heteroatoms. The first-order valence-electron chi connectivity index (χ1n) is 6.42. The molecule has 114 valence electrons. The molecule has 1 atom stereocenters. The van der Waals surface area contributed by atoms with E-state index in [-0.39, 0.29) is 4.90 Å². The zero-order valence-electron chi connectivity index (χ0n) is 12.3. The summed E-state index contributed by atoms with van der Waals surface area (Å²) in [7, 11) is -3.73. The lowest BCUT2D eigenvalue weighted by atomic mass is 10.1. The number of nitrogens with zero attached hydrogens (tertiary/aromatic N) is 1. The molecule has 0 bridgehead atoms. The van der Waals surface area contributed by atoms with Crippen molar-refractivity contribution in [2.24, 2.45) is 0 Å². The summed E-state index contributed by atoms with van der Waals surface area (Å²) in [4.78, 5) is 5.33. The number of hydrogen-bond acceptors (Lipinski definition) is 4. The Hall–Kier alpha value is -1.31. The van der Waals surface area contributed by atoms with Crippen LogP contribution in [0.3, 0.4) is 0 Å². The topological polar surface area (TPSA) is 59.1 Å². The molecule has 0 aliphatic heterocycles. The third kappa shape index (κ3) is 3.48. The minimum absolute atomic E-state index is 0.129. The molecule has 1 aromatic carbocycles. The maximum absolute atomic E-state index is 13.3. The zero-order valence-corrected chi connectivity index (χ0v) is 13.9. The number of benzene rings is 1. The van der Waals surface area contributed by atoms with Crippen molar-refractivity contribution in [3.63, 3.8) is 0 Å². The predicted octanol–water partition coefficient (Wildman–Crippen LogP) is 3.25. The van der Waals surface area contributed by atoms with Gasteiger partial charge in [0.05, 0.1) is 10.9 Å². The highest BCUT2D eigenvalue weighted by Gasteiger charge is 2.24. The molecule has 1 heterocycles. The van der Waals surface area contributed by atoms with Gasteiger partial charge in [-0.3, -0.25) is 0 Å². The molecule has 0 saturated heterocycles. The van der Waals surface area contributed by atoms with E-state index in [0.29, 0.717) is 16.1 Å². The minimum Gasteiger partial charge on any atom is -0.248 e. The Bertz CT molecular complexity index is 746. The maximum Gasteiger partial charge on any atom is 0.241 e. The highest BCUT2D eigenvalue weighted by Crippen LogP contribution is 2.25. The molecule has 2 rings (SSSR count). The minimum atomic E-state index is -3.73. The fourth-order valence-corrected chi connectivity index (χ4v) is 4.75. The number of aromatic nitrogens is 1. The molecule has 0 spiro atoms. The van der Waals surface area contributed by atoms with Crippen molar-refractivity contribution in [1.82, 2.24) is 9.71 Å². The molecule has 0 aliphatic rings. The Balaban J connectivity index is 2.35. The maximum atomic E-state index is 13.3. The highest BCUT2D eigenvalue weighted by atomic mass is 32.2. The molecule has 1 aromatic heterocycles. The van der Waals surface area contributed by atoms with Crippen LogP contribution >= 0.6 is 11.3 Å². The summed E-state index contributed by atoms with van der Waals surface area (Å²) < 4.78 is 40.9.